The number of H-pyrrole nitrogens is 1. The molecule has 116 valence electrons. The number of Topliss-reactive ketones (excluding diaryl/α,β-unsaturated/α-hetero) is 1. The van der Waals surface area contributed by atoms with Crippen molar-refractivity contribution in [2.24, 2.45) is 0 Å². The molecule has 0 spiro atoms. The van der Waals surface area contributed by atoms with Crippen LogP contribution >= 0.6 is 0 Å². The molecule has 23 heavy (non-hydrogen) atoms. The van der Waals surface area contributed by atoms with Crippen LogP contribution in [0.25, 0.3) is 10.9 Å². The number of carbonyl (C=O) groups excluding carboxylic acids is 1. The number of aromatic nitrogens is 1. The molecule has 0 amide bonds. The molecule has 1 aromatic heterocycles. The lowest BCUT2D eigenvalue weighted by Gasteiger charge is -2.26. The maximum Gasteiger partial charge on any atom is 0.158 e. The van der Waals surface area contributed by atoms with Crippen LogP contribution in [0.1, 0.15) is 22.7 Å². The van der Waals surface area contributed by atoms with Crippen LogP contribution in [0.4, 0.5) is 5.69 Å². The lowest BCUT2D eigenvalue weighted by atomic mass is 9.89. The zero-order valence-electron chi connectivity index (χ0n) is 12.8. The molecule has 2 aromatic carbocycles. The molecule has 1 aliphatic heterocycles. The number of carbonyl (C=O) groups is 1. The second-order valence-electron chi connectivity index (χ2n) is 6.10. The van der Waals surface area contributed by atoms with Crippen LogP contribution in [0, 0.1) is 0 Å². The number of nitrogens with one attached hydrogen (secondary N) is 2. The van der Waals surface area contributed by atoms with E-state index in [-0.39, 0.29) is 11.8 Å². The molecule has 1 unspecified atom stereocenters. The first-order valence-corrected chi connectivity index (χ1v) is 7.92. The van der Waals surface area contributed by atoms with Gasteiger partial charge < -0.3 is 16.0 Å². The van der Waals surface area contributed by atoms with Crippen molar-refractivity contribution < 1.29 is 4.79 Å². The number of nitrogen functional groups attached to an aromatic ring is 1. The molecular formula is C19H19N3O. The monoisotopic (exact) mass is 305 g/mol. The zero-order valence-corrected chi connectivity index (χ0v) is 12.8. The Labute approximate surface area is 134 Å². The lowest BCUT2D eigenvalue weighted by Crippen LogP contribution is -2.35. The number of anilines is 1. The van der Waals surface area contributed by atoms with Gasteiger partial charge in [-0.15, -0.1) is 0 Å². The lowest BCUT2D eigenvalue weighted by molar-refractivity contribution is -0.120. The third kappa shape index (κ3) is 2.51. The molecule has 2 heterocycles. The Hall–Kier alpha value is -2.59. The van der Waals surface area contributed by atoms with Gasteiger partial charge in [0.15, 0.2) is 5.78 Å². The number of hydrogen-bond donors (Lipinski definition) is 3. The van der Waals surface area contributed by atoms with Crippen molar-refractivity contribution in [3.63, 3.8) is 0 Å². The number of ketones is 1. The predicted molar refractivity (Wildman–Crippen MR) is 92.3 cm³/mol. The minimum Gasteiger partial charge on any atom is -0.399 e. The summed E-state index contributed by atoms with van der Waals surface area (Å²) in [6.07, 6.45) is 3.28. The summed E-state index contributed by atoms with van der Waals surface area (Å²) in [6, 6.07) is 13.7. The van der Waals surface area contributed by atoms with Gasteiger partial charge in [0.05, 0.1) is 6.04 Å². The Balaban J connectivity index is 1.63. The molecule has 0 fully saturated rings. The summed E-state index contributed by atoms with van der Waals surface area (Å²) in [5, 5.41) is 4.47. The summed E-state index contributed by atoms with van der Waals surface area (Å²) in [5.41, 5.74) is 11.0. The van der Waals surface area contributed by atoms with Crippen molar-refractivity contribution >= 4 is 22.4 Å². The molecule has 4 N–H and O–H groups in total. The van der Waals surface area contributed by atoms with Gasteiger partial charge in [-0.25, -0.2) is 0 Å². The van der Waals surface area contributed by atoms with E-state index < -0.39 is 0 Å². The van der Waals surface area contributed by atoms with Gasteiger partial charge in [0, 0.05) is 35.8 Å². The maximum absolute atomic E-state index is 12.8. The van der Waals surface area contributed by atoms with E-state index in [2.05, 4.69) is 16.4 Å². The van der Waals surface area contributed by atoms with E-state index in [1.807, 2.05) is 42.6 Å². The Morgan fingerprint density at radius 1 is 1.22 bits per heavy atom. The number of para-hydroxylation sites is 1. The van der Waals surface area contributed by atoms with Crippen molar-refractivity contribution in [1.29, 1.82) is 0 Å². The van der Waals surface area contributed by atoms with Crippen molar-refractivity contribution in [3.05, 3.63) is 65.4 Å². The number of fused-ring (bicyclic) bond motifs is 2. The van der Waals surface area contributed by atoms with Crippen molar-refractivity contribution in [1.82, 2.24) is 10.3 Å². The summed E-state index contributed by atoms with van der Waals surface area (Å²) in [6.45, 7) is 0.806. The summed E-state index contributed by atoms with van der Waals surface area (Å²) < 4.78 is 0. The third-order valence-corrected chi connectivity index (χ3v) is 4.58. The molecule has 0 radical (unpaired) electrons. The van der Waals surface area contributed by atoms with Crippen LogP contribution in [0.2, 0.25) is 0 Å². The SMILES string of the molecule is Nc1ccc2c(c1)CCNC2C(=O)Cc1c[nH]c2ccccc12. The fraction of sp³-hybridized carbons (Fsp3) is 0.211. The van der Waals surface area contributed by atoms with Crippen molar-refractivity contribution in [2.45, 2.75) is 18.9 Å². The molecule has 4 rings (SSSR count). The highest BCUT2D eigenvalue weighted by molar-refractivity contribution is 5.93. The minimum atomic E-state index is -0.243. The Bertz CT molecular complexity index is 881. The highest BCUT2D eigenvalue weighted by atomic mass is 16.1. The topological polar surface area (TPSA) is 70.9 Å². The van der Waals surface area contributed by atoms with E-state index >= 15 is 0 Å². The van der Waals surface area contributed by atoms with Gasteiger partial charge in [-0.1, -0.05) is 24.3 Å². The first kappa shape index (κ1) is 14.0. The fourth-order valence-electron chi connectivity index (χ4n) is 3.44. The van der Waals surface area contributed by atoms with Gasteiger partial charge in [-0.3, -0.25) is 4.79 Å². The first-order chi connectivity index (χ1) is 11.2. The first-order valence-electron chi connectivity index (χ1n) is 7.92. The summed E-state index contributed by atoms with van der Waals surface area (Å²) in [4.78, 5) is 16.1. The summed E-state index contributed by atoms with van der Waals surface area (Å²) >= 11 is 0. The van der Waals surface area contributed by atoms with Gasteiger partial charge in [0.2, 0.25) is 0 Å². The van der Waals surface area contributed by atoms with Crippen molar-refractivity contribution in [3.8, 4) is 0 Å². The third-order valence-electron chi connectivity index (χ3n) is 4.58. The standard InChI is InChI=1S/C19H19N3O/c20-14-5-6-16-12(9-14)7-8-21-19(16)18(23)10-13-11-22-17-4-2-1-3-15(13)17/h1-6,9,11,19,21-22H,7-8,10,20H2. The molecule has 1 atom stereocenters. The molecule has 4 heteroatoms. The summed E-state index contributed by atoms with van der Waals surface area (Å²) in [7, 11) is 0. The van der Waals surface area contributed by atoms with Crippen molar-refractivity contribution in [2.75, 3.05) is 12.3 Å². The Morgan fingerprint density at radius 3 is 3.00 bits per heavy atom. The van der Waals surface area contributed by atoms with Crippen LogP contribution in [0.5, 0.6) is 0 Å². The smallest absolute Gasteiger partial charge is 0.158 e. The molecule has 0 bridgehead atoms. The Kier molecular flexibility index (Phi) is 3.39. The van der Waals surface area contributed by atoms with Crippen LogP contribution < -0.4 is 11.1 Å². The highest BCUT2D eigenvalue weighted by Crippen LogP contribution is 2.27. The van der Waals surface area contributed by atoms with E-state index in [1.165, 1.54) is 5.56 Å². The van der Waals surface area contributed by atoms with Gasteiger partial charge in [-0.2, -0.15) is 0 Å². The molecule has 0 saturated heterocycles. The molecule has 3 aromatic rings. The van der Waals surface area contributed by atoms with E-state index in [9.17, 15) is 4.79 Å². The zero-order chi connectivity index (χ0) is 15.8. The highest BCUT2D eigenvalue weighted by Gasteiger charge is 2.26. The average Bonchev–Trinajstić information content (AvgIpc) is 2.97. The van der Waals surface area contributed by atoms with E-state index in [4.69, 9.17) is 5.73 Å². The van der Waals surface area contributed by atoms with E-state index in [0.717, 1.165) is 40.7 Å². The van der Waals surface area contributed by atoms with Crippen LogP contribution in [-0.2, 0) is 17.6 Å². The number of rotatable bonds is 3. The minimum absolute atomic E-state index is 0.195. The second kappa shape index (κ2) is 5.56. The van der Waals surface area contributed by atoms with Crippen LogP contribution in [0.3, 0.4) is 0 Å². The second-order valence-corrected chi connectivity index (χ2v) is 6.10. The number of benzene rings is 2. The van der Waals surface area contributed by atoms with Crippen LogP contribution in [0.15, 0.2) is 48.7 Å². The summed E-state index contributed by atoms with van der Waals surface area (Å²) in [5.74, 6) is 0.195. The maximum atomic E-state index is 12.8. The largest absolute Gasteiger partial charge is 0.399 e. The molecular weight excluding hydrogens is 286 g/mol. The Morgan fingerprint density at radius 2 is 2.09 bits per heavy atom. The predicted octanol–water partition coefficient (Wildman–Crippen LogP) is 2.75. The quantitative estimate of drug-likeness (QED) is 0.652. The van der Waals surface area contributed by atoms with E-state index in [0.29, 0.717) is 6.42 Å². The number of nitrogens with two attached hydrogens (primary N) is 1. The number of hydrogen-bond acceptors (Lipinski definition) is 3. The molecule has 4 nitrogen and oxygen atoms in total. The van der Waals surface area contributed by atoms with Crippen LogP contribution in [-0.4, -0.2) is 17.3 Å². The molecule has 1 aliphatic rings. The molecule has 0 aliphatic carbocycles. The van der Waals surface area contributed by atoms with Gasteiger partial charge in [-0.05, 0) is 41.3 Å². The fourth-order valence-corrected chi connectivity index (χ4v) is 3.44. The van der Waals surface area contributed by atoms with E-state index in [1.54, 1.807) is 0 Å². The molecule has 0 saturated carbocycles. The number of aromatic amines is 1. The van der Waals surface area contributed by atoms with Gasteiger partial charge in [0.1, 0.15) is 0 Å². The average molecular weight is 305 g/mol. The van der Waals surface area contributed by atoms with Gasteiger partial charge >= 0.3 is 0 Å². The van der Waals surface area contributed by atoms with Gasteiger partial charge in [0.25, 0.3) is 0 Å². The normalized spacial score (nSPS) is 17.1.